The van der Waals surface area contributed by atoms with E-state index in [0.29, 0.717) is 29.3 Å². The van der Waals surface area contributed by atoms with Gasteiger partial charge in [0.25, 0.3) is 0 Å². The van der Waals surface area contributed by atoms with Gasteiger partial charge in [0.2, 0.25) is 0 Å². The van der Waals surface area contributed by atoms with E-state index >= 15 is 0 Å². The van der Waals surface area contributed by atoms with E-state index in [1.807, 2.05) is 0 Å². The maximum Gasteiger partial charge on any atom is 0.344 e. The van der Waals surface area contributed by atoms with Crippen molar-refractivity contribution in [2.45, 2.75) is 46.1 Å². The Balaban J connectivity index is 1.72. The first-order valence-electron chi connectivity index (χ1n) is 9.51. The monoisotopic (exact) mass is 378 g/mol. The van der Waals surface area contributed by atoms with E-state index in [2.05, 4.69) is 20.8 Å². The molecule has 0 amide bonds. The number of esters is 2. The fourth-order valence-corrected chi connectivity index (χ4v) is 3.45. The Morgan fingerprint density at radius 2 is 1.70 bits per heavy atom. The first-order valence-corrected chi connectivity index (χ1v) is 9.51. The molecule has 3 atom stereocenters. The molecule has 1 aliphatic carbocycles. The summed E-state index contributed by atoms with van der Waals surface area (Å²) in [6, 6.07) is 6.84. The van der Waals surface area contributed by atoms with E-state index in [1.165, 1.54) is 0 Å². The lowest BCUT2D eigenvalue weighted by Crippen LogP contribution is -2.37. The van der Waals surface area contributed by atoms with E-state index < -0.39 is 11.9 Å². The normalized spacial score (nSPS) is 22.2. The van der Waals surface area contributed by atoms with Crippen LogP contribution in [-0.2, 0) is 19.1 Å². The zero-order valence-electron chi connectivity index (χ0n) is 16.6. The zero-order valence-corrected chi connectivity index (χ0v) is 16.6. The Kier molecular flexibility index (Phi) is 7.95. The average Bonchev–Trinajstić information content (AvgIpc) is 2.65. The third kappa shape index (κ3) is 6.77. The maximum atomic E-state index is 12.1. The molecule has 0 radical (unpaired) electrons. The number of ether oxygens (including phenoxy) is 4. The number of carbonyl (C=O) groups is 2. The van der Waals surface area contributed by atoms with E-state index in [1.54, 1.807) is 31.4 Å². The molecule has 150 valence electrons. The number of rotatable bonds is 8. The third-order valence-corrected chi connectivity index (χ3v) is 5.01. The van der Waals surface area contributed by atoms with Crippen LogP contribution in [0.3, 0.4) is 0 Å². The van der Waals surface area contributed by atoms with E-state index in [9.17, 15) is 9.59 Å². The molecule has 1 fully saturated rings. The SMILES string of the molecule is COc1ccc(OCC(=O)OCC(=O)O[C@H]2C[C@H](C)CC[C@@H]2C(C)C)cc1. The van der Waals surface area contributed by atoms with Crippen LogP contribution in [0.2, 0.25) is 0 Å². The smallest absolute Gasteiger partial charge is 0.344 e. The molecular formula is C21H30O6. The maximum absolute atomic E-state index is 12.1. The first kappa shape index (κ1) is 21.1. The Bertz CT molecular complexity index is 610. The Morgan fingerprint density at radius 3 is 2.33 bits per heavy atom. The second-order valence-electron chi connectivity index (χ2n) is 7.48. The lowest BCUT2D eigenvalue weighted by Gasteiger charge is -2.36. The van der Waals surface area contributed by atoms with Gasteiger partial charge in [0, 0.05) is 0 Å². The zero-order chi connectivity index (χ0) is 19.8. The van der Waals surface area contributed by atoms with Gasteiger partial charge in [0.1, 0.15) is 17.6 Å². The highest BCUT2D eigenvalue weighted by atomic mass is 16.6. The van der Waals surface area contributed by atoms with Crippen LogP contribution in [-0.4, -0.2) is 38.4 Å². The molecule has 6 nitrogen and oxygen atoms in total. The van der Waals surface area contributed by atoms with Crippen LogP contribution in [0.1, 0.15) is 40.0 Å². The van der Waals surface area contributed by atoms with Crippen LogP contribution in [0.15, 0.2) is 24.3 Å². The van der Waals surface area contributed by atoms with Gasteiger partial charge in [0.05, 0.1) is 7.11 Å². The van der Waals surface area contributed by atoms with Crippen molar-refractivity contribution in [3.63, 3.8) is 0 Å². The van der Waals surface area contributed by atoms with Crippen LogP contribution in [0.25, 0.3) is 0 Å². The molecule has 6 heteroatoms. The van der Waals surface area contributed by atoms with Gasteiger partial charge in [-0.25, -0.2) is 9.59 Å². The minimum atomic E-state index is -0.611. The van der Waals surface area contributed by atoms with Gasteiger partial charge < -0.3 is 18.9 Å². The highest BCUT2D eigenvalue weighted by Gasteiger charge is 2.33. The van der Waals surface area contributed by atoms with Crippen LogP contribution < -0.4 is 9.47 Å². The van der Waals surface area contributed by atoms with Crippen LogP contribution in [0.4, 0.5) is 0 Å². The molecular weight excluding hydrogens is 348 g/mol. The van der Waals surface area contributed by atoms with Crippen molar-refractivity contribution in [2.24, 2.45) is 17.8 Å². The second kappa shape index (κ2) is 10.2. The number of benzene rings is 1. The lowest BCUT2D eigenvalue weighted by molar-refractivity contribution is -0.167. The molecule has 2 rings (SSSR count). The number of hydrogen-bond donors (Lipinski definition) is 0. The summed E-state index contributed by atoms with van der Waals surface area (Å²) in [6.45, 7) is 5.82. The fourth-order valence-electron chi connectivity index (χ4n) is 3.45. The van der Waals surface area contributed by atoms with Gasteiger partial charge in [-0.15, -0.1) is 0 Å². The molecule has 1 saturated carbocycles. The summed E-state index contributed by atoms with van der Waals surface area (Å²) in [5, 5.41) is 0. The van der Waals surface area contributed by atoms with Crippen molar-refractivity contribution >= 4 is 11.9 Å². The Labute approximate surface area is 161 Å². The molecule has 1 aliphatic rings. The predicted molar refractivity (Wildman–Crippen MR) is 101 cm³/mol. The summed E-state index contributed by atoms with van der Waals surface area (Å²) in [7, 11) is 1.57. The van der Waals surface area contributed by atoms with Gasteiger partial charge in [-0.1, -0.05) is 27.2 Å². The quantitative estimate of drug-likeness (QED) is 0.644. The number of hydrogen-bond acceptors (Lipinski definition) is 6. The van der Waals surface area contributed by atoms with Crippen molar-refractivity contribution in [2.75, 3.05) is 20.3 Å². The summed E-state index contributed by atoms with van der Waals surface area (Å²) < 4.78 is 21.0. The van der Waals surface area contributed by atoms with Crippen molar-refractivity contribution in [3.8, 4) is 11.5 Å². The molecule has 0 aliphatic heterocycles. The van der Waals surface area contributed by atoms with Crippen LogP contribution >= 0.6 is 0 Å². The van der Waals surface area contributed by atoms with Gasteiger partial charge in [0.15, 0.2) is 13.2 Å². The van der Waals surface area contributed by atoms with Crippen LogP contribution in [0.5, 0.6) is 11.5 Å². The summed E-state index contributed by atoms with van der Waals surface area (Å²) in [6.07, 6.45) is 2.99. The molecule has 1 aromatic rings. The molecule has 0 heterocycles. The first-order chi connectivity index (χ1) is 12.9. The minimum absolute atomic E-state index is 0.101. The molecule has 27 heavy (non-hydrogen) atoms. The molecule has 0 saturated heterocycles. The van der Waals surface area contributed by atoms with E-state index in [-0.39, 0.29) is 19.3 Å². The number of carbonyl (C=O) groups excluding carboxylic acids is 2. The largest absolute Gasteiger partial charge is 0.497 e. The highest BCUT2D eigenvalue weighted by Crippen LogP contribution is 2.35. The van der Waals surface area contributed by atoms with Gasteiger partial charge in [-0.2, -0.15) is 0 Å². The van der Waals surface area contributed by atoms with Gasteiger partial charge >= 0.3 is 11.9 Å². The van der Waals surface area contributed by atoms with Crippen molar-refractivity contribution < 1.29 is 28.5 Å². The predicted octanol–water partition coefficient (Wildman–Crippen LogP) is 3.62. The Hall–Kier alpha value is -2.24. The fraction of sp³-hybridized carbons (Fsp3) is 0.619. The van der Waals surface area contributed by atoms with Gasteiger partial charge in [-0.05, 0) is 54.9 Å². The summed E-state index contributed by atoms with van der Waals surface area (Å²) in [4.78, 5) is 23.9. The standard InChI is InChI=1S/C21H30O6/c1-14(2)18-10-5-15(3)11-19(18)27-21(23)13-26-20(22)12-25-17-8-6-16(24-4)7-9-17/h6-9,14-15,18-19H,5,10-13H2,1-4H3/t15-,18-,19+/m1/s1. The molecule has 0 unspecified atom stereocenters. The van der Waals surface area contributed by atoms with E-state index in [4.69, 9.17) is 18.9 Å². The summed E-state index contributed by atoms with van der Waals surface area (Å²) >= 11 is 0. The second-order valence-corrected chi connectivity index (χ2v) is 7.48. The average molecular weight is 378 g/mol. The van der Waals surface area contributed by atoms with E-state index in [0.717, 1.165) is 19.3 Å². The van der Waals surface area contributed by atoms with Crippen LogP contribution in [0, 0.1) is 17.8 Å². The molecule has 0 spiro atoms. The van der Waals surface area contributed by atoms with Crippen molar-refractivity contribution in [1.82, 2.24) is 0 Å². The summed E-state index contributed by atoms with van der Waals surface area (Å²) in [5.41, 5.74) is 0. The summed E-state index contributed by atoms with van der Waals surface area (Å²) in [5.74, 6) is 1.46. The number of methoxy groups -OCH3 is 1. The van der Waals surface area contributed by atoms with Crippen molar-refractivity contribution in [3.05, 3.63) is 24.3 Å². The molecule has 1 aromatic carbocycles. The minimum Gasteiger partial charge on any atom is -0.497 e. The molecule has 0 bridgehead atoms. The lowest BCUT2D eigenvalue weighted by atomic mass is 9.75. The molecule has 0 N–H and O–H groups in total. The van der Waals surface area contributed by atoms with Crippen molar-refractivity contribution in [1.29, 1.82) is 0 Å². The van der Waals surface area contributed by atoms with Gasteiger partial charge in [-0.3, -0.25) is 0 Å². The highest BCUT2D eigenvalue weighted by molar-refractivity contribution is 5.77. The molecule has 0 aromatic heterocycles. The third-order valence-electron chi connectivity index (χ3n) is 5.01. The topological polar surface area (TPSA) is 71.1 Å². The Morgan fingerprint density at radius 1 is 1.04 bits per heavy atom.